The van der Waals surface area contributed by atoms with Crippen LogP contribution in [0.5, 0.6) is 0 Å². The van der Waals surface area contributed by atoms with Gasteiger partial charge < -0.3 is 19.2 Å². The maximum Gasteiger partial charge on any atom is 0.0950 e. The van der Waals surface area contributed by atoms with Crippen molar-refractivity contribution in [2.24, 2.45) is 0 Å². The number of hydrogen-bond acceptors (Lipinski definition) is 4. The van der Waals surface area contributed by atoms with Crippen LogP contribution in [0.15, 0.2) is 23.0 Å². The Bertz CT molecular complexity index is 267. The van der Waals surface area contributed by atoms with E-state index >= 15 is 0 Å². The molecule has 15 heavy (non-hydrogen) atoms. The first kappa shape index (κ1) is 10.7. The third-order valence-corrected chi connectivity index (χ3v) is 2.58. The zero-order valence-electron chi connectivity index (χ0n) is 8.94. The van der Waals surface area contributed by atoms with E-state index in [2.05, 4.69) is 12.2 Å². The van der Waals surface area contributed by atoms with Crippen molar-refractivity contribution in [3.63, 3.8) is 0 Å². The first-order valence-corrected chi connectivity index (χ1v) is 5.31. The van der Waals surface area contributed by atoms with Gasteiger partial charge in [0.15, 0.2) is 0 Å². The molecule has 1 saturated heterocycles. The average molecular weight is 211 g/mol. The lowest BCUT2D eigenvalue weighted by molar-refractivity contribution is -0.0869. The minimum Gasteiger partial charge on any atom is -0.472 e. The smallest absolute Gasteiger partial charge is 0.0950 e. The summed E-state index contributed by atoms with van der Waals surface area (Å²) in [5.74, 6) is 0. The fourth-order valence-corrected chi connectivity index (χ4v) is 1.60. The standard InChI is InChI=1S/C11H17NO3/c1-9(10-2-3-13-7-10)12-6-11-8-14-4-5-15-11/h2-3,7,9,11-12H,4-6,8H2,1H3. The molecule has 2 heterocycles. The van der Waals surface area contributed by atoms with Crippen LogP contribution in [0.25, 0.3) is 0 Å². The fourth-order valence-electron chi connectivity index (χ4n) is 1.60. The highest BCUT2D eigenvalue weighted by molar-refractivity contribution is 5.10. The van der Waals surface area contributed by atoms with Gasteiger partial charge in [0.1, 0.15) is 0 Å². The molecule has 1 aromatic heterocycles. The zero-order chi connectivity index (χ0) is 10.5. The molecule has 1 aromatic rings. The van der Waals surface area contributed by atoms with Crippen LogP contribution in [0.2, 0.25) is 0 Å². The molecule has 2 unspecified atom stereocenters. The van der Waals surface area contributed by atoms with Gasteiger partial charge in [-0.2, -0.15) is 0 Å². The Kier molecular flexibility index (Phi) is 3.77. The molecule has 2 atom stereocenters. The minimum absolute atomic E-state index is 0.174. The summed E-state index contributed by atoms with van der Waals surface area (Å²) in [5.41, 5.74) is 1.16. The van der Waals surface area contributed by atoms with Gasteiger partial charge in [0.2, 0.25) is 0 Å². The van der Waals surface area contributed by atoms with Crippen LogP contribution in [-0.4, -0.2) is 32.5 Å². The summed E-state index contributed by atoms with van der Waals surface area (Å²) in [6, 6.07) is 2.25. The van der Waals surface area contributed by atoms with Crippen LogP contribution in [0.4, 0.5) is 0 Å². The molecule has 0 radical (unpaired) electrons. The second kappa shape index (κ2) is 5.30. The Morgan fingerprint density at radius 2 is 2.47 bits per heavy atom. The van der Waals surface area contributed by atoms with Gasteiger partial charge in [-0.3, -0.25) is 0 Å². The normalized spacial score (nSPS) is 23.9. The topological polar surface area (TPSA) is 43.6 Å². The third kappa shape index (κ3) is 3.06. The van der Waals surface area contributed by atoms with Crippen molar-refractivity contribution in [3.05, 3.63) is 24.2 Å². The van der Waals surface area contributed by atoms with Gasteiger partial charge in [-0.1, -0.05) is 0 Å². The highest BCUT2D eigenvalue weighted by Gasteiger charge is 2.15. The van der Waals surface area contributed by atoms with E-state index in [0.29, 0.717) is 19.8 Å². The highest BCUT2D eigenvalue weighted by atomic mass is 16.6. The largest absolute Gasteiger partial charge is 0.472 e. The van der Waals surface area contributed by atoms with Crippen LogP contribution in [0.1, 0.15) is 18.5 Å². The van der Waals surface area contributed by atoms with E-state index in [1.165, 1.54) is 0 Å². The van der Waals surface area contributed by atoms with Crippen LogP contribution < -0.4 is 5.32 Å². The minimum atomic E-state index is 0.174. The van der Waals surface area contributed by atoms with E-state index in [0.717, 1.165) is 12.1 Å². The first-order valence-electron chi connectivity index (χ1n) is 5.31. The predicted octanol–water partition coefficient (Wildman–Crippen LogP) is 1.35. The summed E-state index contributed by atoms with van der Waals surface area (Å²) >= 11 is 0. The molecule has 1 N–H and O–H groups in total. The summed E-state index contributed by atoms with van der Waals surface area (Å²) in [5, 5.41) is 3.39. The molecule has 0 saturated carbocycles. The van der Waals surface area contributed by atoms with Crippen molar-refractivity contribution in [1.82, 2.24) is 5.32 Å². The van der Waals surface area contributed by atoms with Gasteiger partial charge in [0.05, 0.1) is 38.5 Å². The zero-order valence-corrected chi connectivity index (χ0v) is 8.94. The molecule has 1 aliphatic heterocycles. The van der Waals surface area contributed by atoms with E-state index in [1.807, 2.05) is 6.07 Å². The Morgan fingerprint density at radius 3 is 3.13 bits per heavy atom. The average Bonchev–Trinajstić information content (AvgIpc) is 2.81. The van der Waals surface area contributed by atoms with Gasteiger partial charge >= 0.3 is 0 Å². The van der Waals surface area contributed by atoms with Gasteiger partial charge in [0, 0.05) is 18.2 Å². The van der Waals surface area contributed by atoms with Crippen LogP contribution in [0, 0.1) is 0 Å². The molecule has 0 bridgehead atoms. The lowest BCUT2D eigenvalue weighted by atomic mass is 10.2. The number of ether oxygens (including phenoxy) is 2. The van der Waals surface area contributed by atoms with Gasteiger partial charge in [-0.05, 0) is 13.0 Å². The maximum atomic E-state index is 5.53. The van der Waals surface area contributed by atoms with Gasteiger partial charge in [-0.15, -0.1) is 0 Å². The van der Waals surface area contributed by atoms with Gasteiger partial charge in [-0.25, -0.2) is 0 Å². The number of furan rings is 1. The SMILES string of the molecule is CC(NCC1COCCO1)c1ccoc1. The maximum absolute atomic E-state index is 5.53. The van der Waals surface area contributed by atoms with E-state index in [-0.39, 0.29) is 12.1 Å². The Balaban J connectivity index is 1.73. The summed E-state index contributed by atoms with van der Waals surface area (Å²) in [6.45, 7) is 5.02. The fraction of sp³-hybridized carbons (Fsp3) is 0.636. The van der Waals surface area contributed by atoms with E-state index in [4.69, 9.17) is 13.9 Å². The second-order valence-corrected chi connectivity index (χ2v) is 3.75. The Morgan fingerprint density at radius 1 is 1.53 bits per heavy atom. The molecule has 4 nitrogen and oxygen atoms in total. The number of rotatable bonds is 4. The molecule has 1 aliphatic rings. The quantitative estimate of drug-likeness (QED) is 0.816. The Labute approximate surface area is 89.6 Å². The molecule has 0 spiro atoms. The first-order chi connectivity index (χ1) is 7.36. The molecule has 0 amide bonds. The summed E-state index contributed by atoms with van der Waals surface area (Å²) < 4.78 is 15.9. The van der Waals surface area contributed by atoms with Crippen molar-refractivity contribution < 1.29 is 13.9 Å². The van der Waals surface area contributed by atoms with E-state index in [1.54, 1.807) is 12.5 Å². The van der Waals surface area contributed by atoms with Crippen LogP contribution >= 0.6 is 0 Å². The van der Waals surface area contributed by atoms with Crippen molar-refractivity contribution in [2.75, 3.05) is 26.4 Å². The molecule has 1 fully saturated rings. The van der Waals surface area contributed by atoms with Crippen molar-refractivity contribution in [2.45, 2.75) is 19.1 Å². The molecular formula is C11H17NO3. The van der Waals surface area contributed by atoms with E-state index < -0.39 is 0 Å². The van der Waals surface area contributed by atoms with E-state index in [9.17, 15) is 0 Å². The molecule has 0 aromatic carbocycles. The lowest BCUT2D eigenvalue weighted by Gasteiger charge is -2.24. The monoisotopic (exact) mass is 211 g/mol. The Hall–Kier alpha value is -0.840. The number of nitrogens with one attached hydrogen (secondary N) is 1. The summed E-state index contributed by atoms with van der Waals surface area (Å²) in [7, 11) is 0. The lowest BCUT2D eigenvalue weighted by Crippen LogP contribution is -2.38. The molecule has 4 heteroatoms. The molecule has 2 rings (SSSR count). The molecular weight excluding hydrogens is 194 g/mol. The third-order valence-electron chi connectivity index (χ3n) is 2.58. The van der Waals surface area contributed by atoms with Crippen LogP contribution in [-0.2, 0) is 9.47 Å². The van der Waals surface area contributed by atoms with Crippen molar-refractivity contribution in [3.8, 4) is 0 Å². The van der Waals surface area contributed by atoms with Gasteiger partial charge in [0.25, 0.3) is 0 Å². The molecule has 0 aliphatic carbocycles. The molecule has 84 valence electrons. The summed E-state index contributed by atoms with van der Waals surface area (Å²) in [6.07, 6.45) is 3.62. The van der Waals surface area contributed by atoms with Crippen LogP contribution in [0.3, 0.4) is 0 Å². The highest BCUT2D eigenvalue weighted by Crippen LogP contribution is 2.12. The number of hydrogen-bond donors (Lipinski definition) is 1. The summed E-state index contributed by atoms with van der Waals surface area (Å²) in [4.78, 5) is 0. The predicted molar refractivity (Wildman–Crippen MR) is 55.7 cm³/mol. The van der Waals surface area contributed by atoms with Crippen molar-refractivity contribution >= 4 is 0 Å². The van der Waals surface area contributed by atoms with Crippen molar-refractivity contribution in [1.29, 1.82) is 0 Å². The second-order valence-electron chi connectivity index (χ2n) is 3.75.